The fourth-order valence-corrected chi connectivity index (χ4v) is 5.60. The zero-order chi connectivity index (χ0) is 27.5. The number of benzene rings is 1. The summed E-state index contributed by atoms with van der Waals surface area (Å²) in [7, 11) is 0. The largest absolute Gasteiger partial charge is 0.473 e. The molecule has 1 amide bonds. The number of hydrogen-bond acceptors (Lipinski definition) is 9. The van der Waals surface area contributed by atoms with Crippen molar-refractivity contribution in [3.63, 3.8) is 0 Å². The predicted molar refractivity (Wildman–Crippen MR) is 153 cm³/mol. The van der Waals surface area contributed by atoms with Gasteiger partial charge in [-0.15, -0.1) is 0 Å². The number of nitrogens with one attached hydrogen (secondary N) is 4. The highest BCUT2D eigenvalue weighted by Gasteiger charge is 2.34. The molecule has 5 aliphatic rings. The molecule has 1 atom stereocenters. The number of aliphatic imine (C=N–C) groups is 1. The molecule has 1 aromatic rings. The smallest absolute Gasteiger partial charge is 0.251 e. The highest BCUT2D eigenvalue weighted by Crippen LogP contribution is 2.26. The van der Waals surface area contributed by atoms with Crippen LogP contribution in [0, 0.1) is 18.3 Å². The number of carbonyl (C=O) groups is 1. The zero-order valence-electron chi connectivity index (χ0n) is 23.2. The van der Waals surface area contributed by atoms with Gasteiger partial charge in [0.05, 0.1) is 19.3 Å². The molecule has 0 bridgehead atoms. The second-order valence-electron chi connectivity index (χ2n) is 11.5. The number of allylic oxidation sites excluding steroid dienone is 1. The number of nitrogens with zero attached hydrogens (tertiary/aromatic N) is 2. The van der Waals surface area contributed by atoms with E-state index in [-0.39, 0.29) is 12.0 Å². The first-order valence-electron chi connectivity index (χ1n) is 14.6. The zero-order valence-corrected chi connectivity index (χ0v) is 23.2. The van der Waals surface area contributed by atoms with Crippen molar-refractivity contribution in [2.45, 2.75) is 57.2 Å². The molecular formula is C30H40N6O4. The molecule has 214 valence electrons. The van der Waals surface area contributed by atoms with E-state index in [1.807, 2.05) is 31.2 Å². The summed E-state index contributed by atoms with van der Waals surface area (Å²) in [5.41, 5.74) is 2.99. The van der Waals surface area contributed by atoms with Gasteiger partial charge in [-0.3, -0.25) is 9.69 Å². The Morgan fingerprint density at radius 2 is 2.02 bits per heavy atom. The van der Waals surface area contributed by atoms with E-state index in [1.54, 1.807) is 0 Å². The Morgan fingerprint density at radius 3 is 2.73 bits per heavy atom. The minimum absolute atomic E-state index is 0.0401. The van der Waals surface area contributed by atoms with Gasteiger partial charge in [0.15, 0.2) is 0 Å². The van der Waals surface area contributed by atoms with Crippen LogP contribution in [-0.4, -0.2) is 87.2 Å². The number of hydrogen-bond donors (Lipinski definition) is 4. The van der Waals surface area contributed by atoms with Gasteiger partial charge in [-0.1, -0.05) is 12.1 Å². The molecule has 1 aromatic carbocycles. The first-order valence-corrected chi connectivity index (χ1v) is 14.6. The number of ether oxygens (including phenoxy) is 3. The molecular weight excluding hydrogens is 508 g/mol. The fraction of sp³-hybridized carbons (Fsp3) is 0.567. The molecule has 3 saturated heterocycles. The van der Waals surface area contributed by atoms with Gasteiger partial charge in [0.2, 0.25) is 5.90 Å². The highest BCUT2D eigenvalue weighted by atomic mass is 16.5. The average Bonchev–Trinajstić information content (AvgIpc) is 3.63. The van der Waals surface area contributed by atoms with Gasteiger partial charge >= 0.3 is 0 Å². The Labute approximate surface area is 235 Å². The normalized spacial score (nSPS) is 25.3. The lowest BCUT2D eigenvalue weighted by Gasteiger charge is -2.34. The van der Waals surface area contributed by atoms with Crippen molar-refractivity contribution in [3.8, 4) is 0 Å². The Kier molecular flexibility index (Phi) is 8.17. The van der Waals surface area contributed by atoms with Gasteiger partial charge in [0.1, 0.15) is 17.7 Å². The molecule has 4 aliphatic heterocycles. The van der Waals surface area contributed by atoms with Gasteiger partial charge < -0.3 is 35.6 Å². The topological polar surface area (TPSA) is 120 Å². The summed E-state index contributed by atoms with van der Waals surface area (Å²) in [6, 6.07) is 6.48. The Morgan fingerprint density at radius 1 is 1.20 bits per heavy atom. The summed E-state index contributed by atoms with van der Waals surface area (Å²) < 4.78 is 17.3. The van der Waals surface area contributed by atoms with Crippen LogP contribution >= 0.6 is 0 Å². The van der Waals surface area contributed by atoms with Crippen molar-refractivity contribution in [3.05, 3.63) is 52.6 Å². The molecule has 1 unspecified atom stereocenters. The van der Waals surface area contributed by atoms with E-state index in [1.165, 1.54) is 6.21 Å². The quantitative estimate of drug-likeness (QED) is 0.350. The van der Waals surface area contributed by atoms with E-state index in [2.05, 4.69) is 20.9 Å². The number of carbonyl (C=O) groups excluding carboxylic acids is 1. The molecule has 40 heavy (non-hydrogen) atoms. The third kappa shape index (κ3) is 6.40. The minimum atomic E-state index is -0.0401. The SMILES string of the molecule is Cc1cc(/C(C=N)=C2\N=C(OC3CCN(C4COC4)C3)C=C(NCC3CCOCC3)N2)ccc1C(=O)NC1CC1. The number of aryl methyl sites for hydroxylation is 1. The molecule has 4 heterocycles. The van der Waals surface area contributed by atoms with Crippen LogP contribution in [0.25, 0.3) is 5.57 Å². The first-order chi connectivity index (χ1) is 19.6. The van der Waals surface area contributed by atoms with Crippen LogP contribution < -0.4 is 16.0 Å². The molecule has 4 fully saturated rings. The molecule has 10 nitrogen and oxygen atoms in total. The van der Waals surface area contributed by atoms with E-state index in [9.17, 15) is 4.79 Å². The summed E-state index contributed by atoms with van der Waals surface area (Å²) in [6.45, 7) is 7.82. The average molecular weight is 549 g/mol. The summed E-state index contributed by atoms with van der Waals surface area (Å²) in [5.74, 6) is 2.40. The third-order valence-corrected chi connectivity index (χ3v) is 8.36. The van der Waals surface area contributed by atoms with Gasteiger partial charge in [-0.25, -0.2) is 0 Å². The maximum absolute atomic E-state index is 12.7. The molecule has 0 spiro atoms. The molecule has 0 aromatic heterocycles. The Hall–Kier alpha value is -3.21. The summed E-state index contributed by atoms with van der Waals surface area (Å²) in [6.07, 6.45) is 8.42. The van der Waals surface area contributed by atoms with E-state index < -0.39 is 0 Å². The molecule has 6 rings (SSSR count). The first kappa shape index (κ1) is 27.0. The van der Waals surface area contributed by atoms with Crippen LogP contribution in [-0.2, 0) is 14.2 Å². The van der Waals surface area contributed by atoms with Crippen LogP contribution in [0.5, 0.6) is 0 Å². The number of amides is 1. The Bertz CT molecular complexity index is 1210. The van der Waals surface area contributed by atoms with Gasteiger partial charge in [0.25, 0.3) is 5.91 Å². The lowest BCUT2D eigenvalue weighted by Crippen LogP contribution is -2.48. The lowest BCUT2D eigenvalue weighted by molar-refractivity contribution is -0.0594. The van der Waals surface area contributed by atoms with E-state index in [0.717, 1.165) is 95.1 Å². The standard InChI is InChI=1S/C30H40N6O4/c1-19-12-21(2-5-25(19)30(37)33-22-3-4-22)26(14-31)29-34-27(32-15-20-7-10-38-11-8-20)13-28(35-29)40-24-6-9-36(16-24)23-17-39-18-23/h2,5,12-14,20,22-24,31-32,34H,3-4,6-11,15-18H2,1H3,(H,33,37)/b29-26-,31-14?. The van der Waals surface area contributed by atoms with Crippen LogP contribution in [0.2, 0.25) is 0 Å². The fourth-order valence-electron chi connectivity index (χ4n) is 5.60. The maximum Gasteiger partial charge on any atom is 0.251 e. The highest BCUT2D eigenvalue weighted by molar-refractivity contribution is 6.11. The van der Waals surface area contributed by atoms with Crippen LogP contribution in [0.3, 0.4) is 0 Å². The van der Waals surface area contributed by atoms with Crippen molar-refractivity contribution in [2.24, 2.45) is 10.9 Å². The van der Waals surface area contributed by atoms with Gasteiger partial charge in [-0.2, -0.15) is 4.99 Å². The summed E-state index contributed by atoms with van der Waals surface area (Å²) >= 11 is 0. The monoisotopic (exact) mass is 548 g/mol. The van der Waals surface area contributed by atoms with Crippen molar-refractivity contribution in [1.82, 2.24) is 20.9 Å². The van der Waals surface area contributed by atoms with Crippen molar-refractivity contribution in [2.75, 3.05) is 46.1 Å². The Balaban J connectivity index is 1.22. The van der Waals surface area contributed by atoms with E-state index >= 15 is 0 Å². The number of rotatable bonds is 9. The van der Waals surface area contributed by atoms with Gasteiger partial charge in [-0.05, 0) is 62.1 Å². The second kappa shape index (κ2) is 12.1. The maximum atomic E-state index is 12.7. The number of likely N-dealkylation sites (tertiary alicyclic amines) is 1. The van der Waals surface area contributed by atoms with Gasteiger partial charge in [0, 0.05) is 62.3 Å². The predicted octanol–water partition coefficient (Wildman–Crippen LogP) is 2.55. The van der Waals surface area contributed by atoms with E-state index in [0.29, 0.717) is 40.9 Å². The van der Waals surface area contributed by atoms with Crippen LogP contribution in [0.15, 0.2) is 40.9 Å². The van der Waals surface area contributed by atoms with E-state index in [4.69, 9.17) is 24.6 Å². The summed E-state index contributed by atoms with van der Waals surface area (Å²) in [5, 5.41) is 18.3. The molecule has 1 aliphatic carbocycles. The molecule has 4 N–H and O–H groups in total. The summed E-state index contributed by atoms with van der Waals surface area (Å²) in [4.78, 5) is 19.9. The van der Waals surface area contributed by atoms with Crippen molar-refractivity contribution < 1.29 is 19.0 Å². The molecule has 10 heteroatoms. The van der Waals surface area contributed by atoms with Crippen molar-refractivity contribution in [1.29, 1.82) is 5.41 Å². The minimum Gasteiger partial charge on any atom is -0.473 e. The molecule has 0 radical (unpaired) electrons. The third-order valence-electron chi connectivity index (χ3n) is 8.36. The van der Waals surface area contributed by atoms with Crippen molar-refractivity contribution >= 4 is 23.6 Å². The lowest BCUT2D eigenvalue weighted by atomic mass is 9.99. The second-order valence-corrected chi connectivity index (χ2v) is 11.5. The molecule has 1 saturated carbocycles. The van der Waals surface area contributed by atoms with Crippen LogP contribution in [0.1, 0.15) is 53.6 Å². The van der Waals surface area contributed by atoms with Crippen LogP contribution in [0.4, 0.5) is 0 Å².